The average molecular weight is 299 g/mol. The number of nitrogens with zero attached hydrogens (tertiary/aromatic N) is 2. The number of rotatable bonds is 2. The molecule has 1 unspecified atom stereocenters. The van der Waals surface area contributed by atoms with Gasteiger partial charge in [-0.3, -0.25) is 4.90 Å². The van der Waals surface area contributed by atoms with Gasteiger partial charge in [-0.25, -0.2) is 0 Å². The largest absolute Gasteiger partial charge is 0.506 e. The van der Waals surface area contributed by atoms with Gasteiger partial charge < -0.3 is 10.0 Å². The van der Waals surface area contributed by atoms with Crippen LogP contribution in [0.5, 0.6) is 5.75 Å². The van der Waals surface area contributed by atoms with Crippen molar-refractivity contribution in [1.82, 2.24) is 9.80 Å². The molecule has 1 aromatic carbocycles. The molecule has 1 atom stereocenters. The van der Waals surface area contributed by atoms with Crippen LogP contribution < -0.4 is 0 Å². The van der Waals surface area contributed by atoms with Crippen molar-refractivity contribution >= 4 is 15.9 Å². The normalized spacial score (nSPS) is 22.9. The Morgan fingerprint density at radius 1 is 1.41 bits per heavy atom. The summed E-state index contributed by atoms with van der Waals surface area (Å²) in [4.78, 5) is 4.77. The van der Waals surface area contributed by atoms with Crippen LogP contribution in [0.15, 0.2) is 22.7 Å². The highest BCUT2D eigenvalue weighted by molar-refractivity contribution is 9.10. The Bertz CT molecular complexity index is 397. The quantitative estimate of drug-likeness (QED) is 0.907. The standard InChI is InChI=1S/C13H19BrN2O/c1-10-8-16(7-6-15(10)2)9-11-4-3-5-12(14)13(11)17/h3-5,10,17H,6-9H2,1-2H3. The molecule has 1 fully saturated rings. The highest BCUT2D eigenvalue weighted by Crippen LogP contribution is 2.28. The highest BCUT2D eigenvalue weighted by Gasteiger charge is 2.21. The van der Waals surface area contributed by atoms with E-state index in [0.717, 1.165) is 36.2 Å². The molecule has 0 radical (unpaired) electrons. The summed E-state index contributed by atoms with van der Waals surface area (Å²) in [6.45, 7) is 6.28. The van der Waals surface area contributed by atoms with Crippen LogP contribution in [0.25, 0.3) is 0 Å². The van der Waals surface area contributed by atoms with E-state index < -0.39 is 0 Å². The van der Waals surface area contributed by atoms with Gasteiger partial charge in [-0.15, -0.1) is 0 Å². The lowest BCUT2D eigenvalue weighted by Crippen LogP contribution is -2.49. The van der Waals surface area contributed by atoms with E-state index >= 15 is 0 Å². The fourth-order valence-corrected chi connectivity index (χ4v) is 2.60. The molecule has 4 heteroatoms. The van der Waals surface area contributed by atoms with Crippen molar-refractivity contribution in [2.45, 2.75) is 19.5 Å². The third kappa shape index (κ3) is 3.00. The van der Waals surface area contributed by atoms with Gasteiger partial charge in [0.15, 0.2) is 0 Å². The van der Waals surface area contributed by atoms with Crippen molar-refractivity contribution in [1.29, 1.82) is 0 Å². The third-order valence-electron chi connectivity index (χ3n) is 3.51. The van der Waals surface area contributed by atoms with Gasteiger partial charge in [0.25, 0.3) is 0 Å². The fourth-order valence-electron chi connectivity index (χ4n) is 2.20. The molecule has 0 aliphatic carbocycles. The molecule has 1 N–H and O–H groups in total. The zero-order valence-electron chi connectivity index (χ0n) is 10.4. The molecule has 2 rings (SSSR count). The second-order valence-corrected chi connectivity index (χ2v) is 5.67. The lowest BCUT2D eigenvalue weighted by atomic mass is 10.1. The first-order valence-electron chi connectivity index (χ1n) is 5.97. The molecular formula is C13H19BrN2O. The Morgan fingerprint density at radius 2 is 2.18 bits per heavy atom. The maximum atomic E-state index is 9.96. The maximum Gasteiger partial charge on any atom is 0.134 e. The van der Waals surface area contributed by atoms with E-state index in [-0.39, 0.29) is 0 Å². The molecule has 0 bridgehead atoms. The van der Waals surface area contributed by atoms with Gasteiger partial charge in [-0.2, -0.15) is 0 Å². The second-order valence-electron chi connectivity index (χ2n) is 4.81. The first-order valence-corrected chi connectivity index (χ1v) is 6.76. The van der Waals surface area contributed by atoms with E-state index in [1.54, 1.807) is 0 Å². The van der Waals surface area contributed by atoms with E-state index in [4.69, 9.17) is 0 Å². The summed E-state index contributed by atoms with van der Waals surface area (Å²) in [5.74, 6) is 0.374. The molecule has 0 amide bonds. The molecule has 1 saturated heterocycles. The lowest BCUT2D eigenvalue weighted by Gasteiger charge is -2.37. The number of phenols is 1. The summed E-state index contributed by atoms with van der Waals surface area (Å²) < 4.78 is 0.775. The molecule has 0 aromatic heterocycles. The summed E-state index contributed by atoms with van der Waals surface area (Å²) >= 11 is 3.36. The van der Waals surface area contributed by atoms with Gasteiger partial charge in [0.05, 0.1) is 4.47 Å². The third-order valence-corrected chi connectivity index (χ3v) is 4.15. The van der Waals surface area contributed by atoms with Crippen LogP contribution in [0.2, 0.25) is 0 Å². The van der Waals surface area contributed by atoms with Crippen molar-refractivity contribution in [3.8, 4) is 5.75 Å². The van der Waals surface area contributed by atoms with E-state index in [1.165, 1.54) is 0 Å². The van der Waals surface area contributed by atoms with Gasteiger partial charge in [0.2, 0.25) is 0 Å². The maximum absolute atomic E-state index is 9.96. The topological polar surface area (TPSA) is 26.7 Å². The van der Waals surface area contributed by atoms with Crippen LogP contribution in [-0.4, -0.2) is 47.6 Å². The van der Waals surface area contributed by atoms with Crippen molar-refractivity contribution in [3.05, 3.63) is 28.2 Å². The van der Waals surface area contributed by atoms with Gasteiger partial charge in [-0.1, -0.05) is 12.1 Å². The van der Waals surface area contributed by atoms with Crippen molar-refractivity contribution < 1.29 is 5.11 Å². The average Bonchev–Trinajstić information content (AvgIpc) is 2.30. The van der Waals surface area contributed by atoms with E-state index in [2.05, 4.69) is 39.7 Å². The molecule has 1 heterocycles. The van der Waals surface area contributed by atoms with Crippen molar-refractivity contribution in [3.63, 3.8) is 0 Å². The summed E-state index contributed by atoms with van der Waals surface area (Å²) in [5, 5.41) is 9.96. The number of benzene rings is 1. The lowest BCUT2D eigenvalue weighted by molar-refractivity contribution is 0.0993. The van der Waals surface area contributed by atoms with Gasteiger partial charge >= 0.3 is 0 Å². The Hall–Kier alpha value is -0.580. The highest BCUT2D eigenvalue weighted by atomic mass is 79.9. The zero-order chi connectivity index (χ0) is 12.4. The summed E-state index contributed by atoms with van der Waals surface area (Å²) in [7, 11) is 2.17. The Morgan fingerprint density at radius 3 is 2.88 bits per heavy atom. The first kappa shape index (κ1) is 12.9. The molecule has 1 aliphatic rings. The van der Waals surface area contributed by atoms with E-state index in [0.29, 0.717) is 11.8 Å². The number of likely N-dealkylation sites (N-methyl/N-ethyl adjacent to an activating group) is 1. The predicted octanol–water partition coefficient (Wildman–Crippen LogP) is 2.29. The minimum Gasteiger partial charge on any atom is -0.506 e. The fraction of sp³-hybridized carbons (Fsp3) is 0.538. The van der Waals surface area contributed by atoms with Crippen LogP contribution in [0.4, 0.5) is 0 Å². The van der Waals surface area contributed by atoms with Crippen LogP contribution in [0.3, 0.4) is 0 Å². The smallest absolute Gasteiger partial charge is 0.134 e. The SMILES string of the molecule is CC1CN(Cc2cccc(Br)c2O)CCN1C. The summed E-state index contributed by atoms with van der Waals surface area (Å²) in [5.41, 5.74) is 0.996. The molecule has 94 valence electrons. The molecule has 0 spiro atoms. The molecule has 3 nitrogen and oxygen atoms in total. The van der Waals surface area contributed by atoms with Gasteiger partial charge in [0, 0.05) is 37.8 Å². The molecule has 17 heavy (non-hydrogen) atoms. The summed E-state index contributed by atoms with van der Waals surface area (Å²) in [6, 6.07) is 6.41. The Balaban J connectivity index is 2.04. The second kappa shape index (κ2) is 5.38. The molecule has 1 aromatic rings. The number of aromatic hydroxyl groups is 1. The molecule has 1 aliphatic heterocycles. The number of para-hydroxylation sites is 1. The monoisotopic (exact) mass is 298 g/mol. The number of piperazine rings is 1. The van der Waals surface area contributed by atoms with Crippen molar-refractivity contribution in [2.24, 2.45) is 0 Å². The van der Waals surface area contributed by atoms with Crippen LogP contribution in [0, 0.1) is 0 Å². The zero-order valence-corrected chi connectivity index (χ0v) is 11.9. The number of halogens is 1. The van der Waals surface area contributed by atoms with Gasteiger partial charge in [-0.05, 0) is 36.0 Å². The Kier molecular flexibility index (Phi) is 4.07. The van der Waals surface area contributed by atoms with Crippen LogP contribution in [-0.2, 0) is 6.54 Å². The number of hydrogen-bond donors (Lipinski definition) is 1. The van der Waals surface area contributed by atoms with E-state index in [1.807, 2.05) is 18.2 Å². The number of hydrogen-bond acceptors (Lipinski definition) is 3. The number of phenolic OH excluding ortho intramolecular Hbond substituents is 1. The molecule has 0 saturated carbocycles. The van der Waals surface area contributed by atoms with Crippen LogP contribution in [0.1, 0.15) is 12.5 Å². The Labute approximate surface area is 111 Å². The summed E-state index contributed by atoms with van der Waals surface area (Å²) in [6.07, 6.45) is 0. The predicted molar refractivity (Wildman–Crippen MR) is 73.2 cm³/mol. The van der Waals surface area contributed by atoms with Crippen molar-refractivity contribution in [2.75, 3.05) is 26.7 Å². The first-order chi connectivity index (χ1) is 8.08. The minimum atomic E-state index is 0.374. The van der Waals surface area contributed by atoms with Gasteiger partial charge in [0.1, 0.15) is 5.75 Å². The molecular weight excluding hydrogens is 280 g/mol. The van der Waals surface area contributed by atoms with E-state index in [9.17, 15) is 5.11 Å². The van der Waals surface area contributed by atoms with Crippen LogP contribution >= 0.6 is 15.9 Å². The minimum absolute atomic E-state index is 0.374.